The zero-order chi connectivity index (χ0) is 21.5. The first kappa shape index (κ1) is 21.6. The lowest BCUT2D eigenvalue weighted by Gasteiger charge is -2.18. The number of aromatic nitrogens is 3. The van der Waals surface area contributed by atoms with Crippen LogP contribution < -0.4 is 10.6 Å². The zero-order valence-electron chi connectivity index (χ0n) is 17.3. The third-order valence-electron chi connectivity index (χ3n) is 4.60. The summed E-state index contributed by atoms with van der Waals surface area (Å²) in [6.07, 6.45) is 2.37. The van der Waals surface area contributed by atoms with Gasteiger partial charge in [0, 0.05) is 18.3 Å². The first-order valence-corrected chi connectivity index (χ1v) is 10.7. The molecule has 1 unspecified atom stereocenters. The van der Waals surface area contributed by atoms with E-state index in [9.17, 15) is 9.59 Å². The molecule has 0 saturated carbocycles. The van der Waals surface area contributed by atoms with Crippen molar-refractivity contribution in [1.82, 2.24) is 20.1 Å². The average Bonchev–Trinajstić information content (AvgIpc) is 3.16. The summed E-state index contributed by atoms with van der Waals surface area (Å²) in [5.74, 6) is -0.146. The van der Waals surface area contributed by atoms with Crippen LogP contribution in [0.4, 0.5) is 5.69 Å². The van der Waals surface area contributed by atoms with Gasteiger partial charge in [-0.15, -0.1) is 10.2 Å². The molecule has 2 aromatic carbocycles. The molecular weight excluding hydrogens is 398 g/mol. The van der Waals surface area contributed by atoms with Gasteiger partial charge in [0.05, 0.1) is 11.8 Å². The third-order valence-corrected chi connectivity index (χ3v) is 5.64. The Labute approximate surface area is 180 Å². The van der Waals surface area contributed by atoms with E-state index in [4.69, 9.17) is 0 Å². The van der Waals surface area contributed by atoms with Crippen molar-refractivity contribution < 1.29 is 9.59 Å². The van der Waals surface area contributed by atoms with Crippen molar-refractivity contribution in [3.05, 3.63) is 71.5 Å². The lowest BCUT2D eigenvalue weighted by atomic mass is 10.0. The van der Waals surface area contributed by atoms with Gasteiger partial charge in [-0.1, -0.05) is 54.6 Å². The number of nitrogens with zero attached hydrogens (tertiary/aromatic N) is 3. The summed E-state index contributed by atoms with van der Waals surface area (Å²) in [5.41, 5.74) is 3.33. The van der Waals surface area contributed by atoms with Gasteiger partial charge in [-0.05, 0) is 37.1 Å². The molecule has 0 saturated heterocycles. The predicted octanol–water partition coefficient (Wildman–Crippen LogP) is 3.74. The molecule has 1 aromatic heterocycles. The van der Waals surface area contributed by atoms with E-state index in [-0.39, 0.29) is 23.6 Å². The number of hydrogen-bond donors (Lipinski definition) is 2. The molecule has 7 nitrogen and oxygen atoms in total. The molecular formula is C22H25N5O2S. The minimum atomic E-state index is -0.174. The van der Waals surface area contributed by atoms with E-state index >= 15 is 0 Å². The monoisotopic (exact) mass is 423 g/mol. The van der Waals surface area contributed by atoms with Crippen molar-refractivity contribution in [1.29, 1.82) is 0 Å². The molecule has 30 heavy (non-hydrogen) atoms. The maximum absolute atomic E-state index is 12.8. The summed E-state index contributed by atoms with van der Waals surface area (Å²) in [5, 5.41) is 14.3. The highest BCUT2D eigenvalue weighted by atomic mass is 32.2. The van der Waals surface area contributed by atoms with E-state index in [1.807, 2.05) is 45.2 Å². The van der Waals surface area contributed by atoms with Gasteiger partial charge in [0.2, 0.25) is 5.91 Å². The molecule has 1 heterocycles. The Morgan fingerprint density at radius 3 is 2.60 bits per heavy atom. The Kier molecular flexibility index (Phi) is 7.24. The van der Waals surface area contributed by atoms with Crippen molar-refractivity contribution in [3.8, 4) is 0 Å². The maximum Gasteiger partial charge on any atom is 0.251 e. The average molecular weight is 424 g/mol. The Hall–Kier alpha value is -3.13. The van der Waals surface area contributed by atoms with E-state index in [2.05, 4.69) is 20.8 Å². The Morgan fingerprint density at radius 2 is 1.93 bits per heavy atom. The molecule has 8 heteroatoms. The second kappa shape index (κ2) is 10.1. The molecule has 3 rings (SSSR count). The zero-order valence-corrected chi connectivity index (χ0v) is 18.1. The molecule has 0 fully saturated rings. The number of hydrogen-bond acceptors (Lipinski definition) is 5. The Morgan fingerprint density at radius 1 is 1.17 bits per heavy atom. The molecule has 2 amide bonds. The van der Waals surface area contributed by atoms with Crippen LogP contribution in [0.1, 0.15) is 40.9 Å². The van der Waals surface area contributed by atoms with Crippen LogP contribution in [0, 0.1) is 6.92 Å². The van der Waals surface area contributed by atoms with Crippen molar-refractivity contribution >= 4 is 29.3 Å². The standard InChI is InChI=1S/C22H25N5O2S/c1-4-19(16-10-8-15(2)9-11-16)25-21(29)17-6-5-7-18(12-17)24-20(28)13-30-22-26-23-14-27(22)3/h5-12,14,19H,4,13H2,1-3H3,(H,24,28)(H,25,29). The molecule has 0 spiro atoms. The predicted molar refractivity (Wildman–Crippen MR) is 118 cm³/mol. The quantitative estimate of drug-likeness (QED) is 0.539. The van der Waals surface area contributed by atoms with Gasteiger partial charge in [-0.2, -0.15) is 0 Å². The SMILES string of the molecule is CCC(NC(=O)c1cccc(NC(=O)CSc2nncn2C)c1)c1ccc(C)cc1. The second-order valence-electron chi connectivity index (χ2n) is 6.99. The lowest BCUT2D eigenvalue weighted by Crippen LogP contribution is -2.28. The Bertz CT molecular complexity index is 1020. The van der Waals surface area contributed by atoms with Gasteiger partial charge in [-0.3, -0.25) is 9.59 Å². The van der Waals surface area contributed by atoms with Gasteiger partial charge in [0.1, 0.15) is 6.33 Å². The van der Waals surface area contributed by atoms with Crippen LogP contribution in [0.15, 0.2) is 60.0 Å². The van der Waals surface area contributed by atoms with E-state index < -0.39 is 0 Å². The summed E-state index contributed by atoms with van der Waals surface area (Å²) in [7, 11) is 1.82. The number of rotatable bonds is 8. The van der Waals surface area contributed by atoms with E-state index in [0.29, 0.717) is 16.4 Å². The number of amides is 2. The van der Waals surface area contributed by atoms with Crippen LogP contribution >= 0.6 is 11.8 Å². The molecule has 1 atom stereocenters. The van der Waals surface area contributed by atoms with Crippen LogP contribution in [0.25, 0.3) is 0 Å². The highest BCUT2D eigenvalue weighted by Crippen LogP contribution is 2.19. The molecule has 0 aliphatic carbocycles. The number of anilines is 1. The molecule has 0 radical (unpaired) electrons. The number of carbonyl (C=O) groups excluding carboxylic acids is 2. The van der Waals surface area contributed by atoms with Crippen LogP contribution in [0.5, 0.6) is 0 Å². The van der Waals surface area contributed by atoms with Crippen molar-refractivity contribution in [2.75, 3.05) is 11.1 Å². The Balaban J connectivity index is 1.60. The fourth-order valence-electron chi connectivity index (χ4n) is 2.93. The van der Waals surface area contributed by atoms with Crippen LogP contribution in [-0.4, -0.2) is 32.3 Å². The molecule has 2 N–H and O–H groups in total. The van der Waals surface area contributed by atoms with E-state index in [0.717, 1.165) is 12.0 Å². The van der Waals surface area contributed by atoms with Crippen molar-refractivity contribution in [2.24, 2.45) is 7.05 Å². The van der Waals surface area contributed by atoms with Gasteiger partial charge < -0.3 is 15.2 Å². The molecule has 0 bridgehead atoms. The van der Waals surface area contributed by atoms with Gasteiger partial charge in [-0.25, -0.2) is 0 Å². The van der Waals surface area contributed by atoms with Crippen LogP contribution in [-0.2, 0) is 11.8 Å². The van der Waals surface area contributed by atoms with Crippen molar-refractivity contribution in [3.63, 3.8) is 0 Å². The summed E-state index contributed by atoms with van der Waals surface area (Å²) < 4.78 is 1.75. The maximum atomic E-state index is 12.8. The number of aryl methyl sites for hydroxylation is 2. The smallest absolute Gasteiger partial charge is 0.251 e. The lowest BCUT2D eigenvalue weighted by molar-refractivity contribution is -0.113. The first-order valence-electron chi connectivity index (χ1n) is 9.70. The fraction of sp³-hybridized carbons (Fsp3) is 0.273. The first-order chi connectivity index (χ1) is 14.5. The fourth-order valence-corrected chi connectivity index (χ4v) is 3.62. The molecule has 156 valence electrons. The summed E-state index contributed by atoms with van der Waals surface area (Å²) in [4.78, 5) is 25.0. The van der Waals surface area contributed by atoms with E-state index in [1.54, 1.807) is 35.2 Å². The highest BCUT2D eigenvalue weighted by Gasteiger charge is 2.15. The largest absolute Gasteiger partial charge is 0.345 e. The number of carbonyl (C=O) groups is 2. The number of thioether (sulfide) groups is 1. The van der Waals surface area contributed by atoms with E-state index in [1.165, 1.54) is 17.3 Å². The second-order valence-corrected chi connectivity index (χ2v) is 7.93. The minimum Gasteiger partial charge on any atom is -0.345 e. The van der Waals surface area contributed by atoms with Gasteiger partial charge in [0.25, 0.3) is 5.91 Å². The van der Waals surface area contributed by atoms with Crippen molar-refractivity contribution in [2.45, 2.75) is 31.5 Å². The van der Waals surface area contributed by atoms with Crippen LogP contribution in [0.3, 0.4) is 0 Å². The minimum absolute atomic E-state index is 0.0702. The topological polar surface area (TPSA) is 88.9 Å². The molecule has 3 aromatic rings. The summed E-state index contributed by atoms with van der Waals surface area (Å²) in [6.45, 7) is 4.07. The highest BCUT2D eigenvalue weighted by molar-refractivity contribution is 7.99. The van der Waals surface area contributed by atoms with Crippen LogP contribution in [0.2, 0.25) is 0 Å². The third kappa shape index (κ3) is 5.70. The van der Waals surface area contributed by atoms with Gasteiger partial charge >= 0.3 is 0 Å². The summed E-state index contributed by atoms with van der Waals surface area (Å²) in [6, 6.07) is 15.0. The normalized spacial score (nSPS) is 11.7. The number of benzene rings is 2. The van der Waals surface area contributed by atoms with Gasteiger partial charge in [0.15, 0.2) is 5.16 Å². The molecule has 0 aliphatic heterocycles. The molecule has 0 aliphatic rings. The summed E-state index contributed by atoms with van der Waals surface area (Å²) >= 11 is 1.30. The number of nitrogens with one attached hydrogen (secondary N) is 2.